The van der Waals surface area contributed by atoms with E-state index in [0.717, 1.165) is 0 Å². The number of aliphatic imine (C=N–C) groups is 1. The first-order valence-corrected chi connectivity index (χ1v) is 10.9. The first kappa shape index (κ1) is 24.9. The lowest BCUT2D eigenvalue weighted by Gasteiger charge is -2.17. The number of ether oxygens (including phenoxy) is 2. The van der Waals surface area contributed by atoms with Crippen LogP contribution in [-0.2, 0) is 16.6 Å². The smallest absolute Gasteiger partial charge is 0.387 e. The van der Waals surface area contributed by atoms with Crippen LogP contribution in [0.2, 0.25) is 0 Å². The lowest BCUT2D eigenvalue weighted by molar-refractivity contribution is -0.0504. The van der Waals surface area contributed by atoms with E-state index in [2.05, 4.69) is 20.4 Å². The second-order valence-corrected chi connectivity index (χ2v) is 8.41. The molecule has 0 saturated heterocycles. The summed E-state index contributed by atoms with van der Waals surface area (Å²) in [5.74, 6) is 1.09. The van der Waals surface area contributed by atoms with Crippen molar-refractivity contribution in [1.29, 1.82) is 0 Å². The molecule has 0 amide bonds. The van der Waals surface area contributed by atoms with Crippen LogP contribution in [0.4, 0.5) is 8.78 Å². The van der Waals surface area contributed by atoms with E-state index in [0.29, 0.717) is 43.3 Å². The van der Waals surface area contributed by atoms with Crippen LogP contribution in [0, 0.1) is 0 Å². The number of rotatable bonds is 12. The number of guanidine groups is 1. The summed E-state index contributed by atoms with van der Waals surface area (Å²) in [6, 6.07) is 4.55. The summed E-state index contributed by atoms with van der Waals surface area (Å²) >= 11 is 0. The highest BCUT2D eigenvalue weighted by atomic mass is 32.2. The van der Waals surface area contributed by atoms with Gasteiger partial charge in [0.2, 0.25) is 10.0 Å². The molecule has 2 N–H and O–H groups in total. The number of benzene rings is 1. The molecule has 1 aromatic rings. The van der Waals surface area contributed by atoms with E-state index in [1.54, 1.807) is 20.0 Å². The van der Waals surface area contributed by atoms with Crippen LogP contribution in [0.15, 0.2) is 23.2 Å². The highest BCUT2D eigenvalue weighted by Gasteiger charge is 2.14. The van der Waals surface area contributed by atoms with Crippen LogP contribution in [0.5, 0.6) is 11.5 Å². The number of nitrogens with one attached hydrogen (secondary N) is 2. The molecule has 1 aromatic carbocycles. The monoisotopic (exact) mass is 436 g/mol. The van der Waals surface area contributed by atoms with Gasteiger partial charge in [-0.15, -0.1) is 0 Å². The number of hydrogen-bond acceptors (Lipinski definition) is 5. The predicted molar refractivity (Wildman–Crippen MR) is 109 cm³/mol. The number of sulfonamides is 1. The molecular formula is C18H30F2N4O4S. The normalized spacial score (nSPS) is 12.3. The van der Waals surface area contributed by atoms with Crippen molar-refractivity contribution in [2.24, 2.45) is 4.99 Å². The molecule has 8 nitrogen and oxygen atoms in total. The fraction of sp³-hybridized carbons (Fsp3) is 0.611. The fourth-order valence-electron chi connectivity index (χ4n) is 2.39. The number of alkyl halides is 2. The van der Waals surface area contributed by atoms with Gasteiger partial charge in [-0.2, -0.15) is 8.78 Å². The number of hydrogen-bond donors (Lipinski definition) is 2. The van der Waals surface area contributed by atoms with E-state index >= 15 is 0 Å². The topological polar surface area (TPSA) is 92.3 Å². The average molecular weight is 437 g/mol. The maximum atomic E-state index is 12.6. The third-order valence-electron chi connectivity index (χ3n) is 4.02. The van der Waals surface area contributed by atoms with E-state index in [1.165, 1.54) is 23.5 Å². The summed E-state index contributed by atoms with van der Waals surface area (Å²) in [5.41, 5.74) is 0.454. The van der Waals surface area contributed by atoms with Crippen molar-refractivity contribution >= 4 is 16.0 Å². The Morgan fingerprint density at radius 3 is 2.59 bits per heavy atom. The number of halogens is 2. The highest BCUT2D eigenvalue weighted by Crippen LogP contribution is 2.26. The molecule has 0 heterocycles. The van der Waals surface area contributed by atoms with Crippen molar-refractivity contribution in [3.63, 3.8) is 0 Å². The van der Waals surface area contributed by atoms with Crippen LogP contribution < -0.4 is 20.1 Å². The minimum atomic E-state index is -3.20. The molecule has 0 aliphatic carbocycles. The standard InChI is InChI=1S/C18H30F2N4O4S/c1-5-21-18(22-10-7-11-24(3)29(25,26)6-2)23-13-14-12-15(27-4)8-9-16(14)28-17(19)20/h8-9,12,17H,5-7,10-11,13H2,1-4H3,(H2,21,22,23). The molecule has 0 bridgehead atoms. The summed E-state index contributed by atoms with van der Waals surface area (Å²) in [7, 11) is -0.174. The molecule has 11 heteroatoms. The minimum Gasteiger partial charge on any atom is -0.497 e. The molecule has 0 fully saturated rings. The van der Waals surface area contributed by atoms with Gasteiger partial charge in [0.25, 0.3) is 0 Å². The van der Waals surface area contributed by atoms with Gasteiger partial charge < -0.3 is 20.1 Å². The van der Waals surface area contributed by atoms with Crippen molar-refractivity contribution < 1.29 is 26.7 Å². The SMILES string of the molecule is CCNC(=NCc1cc(OC)ccc1OC(F)F)NCCCN(C)S(=O)(=O)CC. The first-order chi connectivity index (χ1) is 13.7. The fourth-order valence-corrected chi connectivity index (χ4v) is 3.24. The molecule has 1 rings (SSSR count). The molecule has 0 atom stereocenters. The van der Waals surface area contributed by atoms with Gasteiger partial charge in [0.1, 0.15) is 11.5 Å². The molecular weight excluding hydrogens is 406 g/mol. The average Bonchev–Trinajstić information content (AvgIpc) is 2.69. The van der Waals surface area contributed by atoms with Crippen molar-refractivity contribution in [1.82, 2.24) is 14.9 Å². The van der Waals surface area contributed by atoms with Gasteiger partial charge in [-0.3, -0.25) is 0 Å². The molecule has 0 spiro atoms. The Morgan fingerprint density at radius 1 is 1.28 bits per heavy atom. The van der Waals surface area contributed by atoms with Gasteiger partial charge in [0, 0.05) is 32.2 Å². The third kappa shape index (κ3) is 8.82. The Balaban J connectivity index is 2.74. The third-order valence-corrected chi connectivity index (χ3v) is 5.88. The van der Waals surface area contributed by atoms with E-state index in [-0.39, 0.29) is 18.0 Å². The lowest BCUT2D eigenvalue weighted by atomic mass is 10.2. The van der Waals surface area contributed by atoms with E-state index in [9.17, 15) is 17.2 Å². The quantitative estimate of drug-likeness (QED) is 0.296. The summed E-state index contributed by atoms with van der Waals surface area (Å²) < 4.78 is 59.7. The largest absolute Gasteiger partial charge is 0.497 e. The Morgan fingerprint density at radius 2 is 2.00 bits per heavy atom. The van der Waals surface area contributed by atoms with Crippen LogP contribution in [0.1, 0.15) is 25.8 Å². The van der Waals surface area contributed by atoms with Crippen molar-refractivity contribution in [2.45, 2.75) is 33.4 Å². The van der Waals surface area contributed by atoms with E-state index in [1.807, 2.05) is 6.92 Å². The Kier molecular flexibility index (Phi) is 10.7. The van der Waals surface area contributed by atoms with Crippen molar-refractivity contribution in [3.05, 3.63) is 23.8 Å². The molecule has 166 valence electrons. The van der Waals surface area contributed by atoms with Gasteiger partial charge in [-0.05, 0) is 38.5 Å². The van der Waals surface area contributed by atoms with Crippen LogP contribution >= 0.6 is 0 Å². The first-order valence-electron chi connectivity index (χ1n) is 9.31. The number of nitrogens with zero attached hydrogens (tertiary/aromatic N) is 2. The minimum absolute atomic E-state index is 0.0341. The molecule has 0 aliphatic heterocycles. The molecule has 0 saturated carbocycles. The zero-order valence-corrected chi connectivity index (χ0v) is 18.1. The van der Waals surface area contributed by atoms with Crippen LogP contribution in [-0.4, -0.2) is 64.8 Å². The van der Waals surface area contributed by atoms with E-state index < -0.39 is 16.6 Å². The van der Waals surface area contributed by atoms with Gasteiger partial charge in [0.15, 0.2) is 5.96 Å². The molecule has 0 aromatic heterocycles. The molecule has 0 radical (unpaired) electrons. The Labute approximate surface area is 171 Å². The molecule has 0 unspecified atom stereocenters. The molecule has 29 heavy (non-hydrogen) atoms. The van der Waals surface area contributed by atoms with Gasteiger partial charge in [0.05, 0.1) is 19.4 Å². The number of methoxy groups -OCH3 is 1. The summed E-state index contributed by atoms with van der Waals surface area (Å²) in [6.07, 6.45) is 0.582. The van der Waals surface area contributed by atoms with Gasteiger partial charge >= 0.3 is 6.61 Å². The summed E-state index contributed by atoms with van der Waals surface area (Å²) in [6.45, 7) is 2.14. The Hall–Kier alpha value is -2.14. The van der Waals surface area contributed by atoms with Crippen LogP contribution in [0.3, 0.4) is 0 Å². The maximum absolute atomic E-state index is 12.6. The van der Waals surface area contributed by atoms with Crippen LogP contribution in [0.25, 0.3) is 0 Å². The van der Waals surface area contributed by atoms with Gasteiger partial charge in [-0.1, -0.05) is 0 Å². The van der Waals surface area contributed by atoms with Crippen molar-refractivity contribution in [3.8, 4) is 11.5 Å². The second-order valence-electron chi connectivity index (χ2n) is 6.05. The summed E-state index contributed by atoms with van der Waals surface area (Å²) in [5, 5.41) is 6.16. The van der Waals surface area contributed by atoms with E-state index in [4.69, 9.17) is 4.74 Å². The predicted octanol–water partition coefficient (Wildman–Crippen LogP) is 2.02. The molecule has 0 aliphatic rings. The lowest BCUT2D eigenvalue weighted by Crippen LogP contribution is -2.39. The Bertz CT molecular complexity index is 760. The van der Waals surface area contributed by atoms with Gasteiger partial charge in [-0.25, -0.2) is 17.7 Å². The zero-order valence-electron chi connectivity index (χ0n) is 17.2. The second kappa shape index (κ2) is 12.4. The zero-order chi connectivity index (χ0) is 21.9. The maximum Gasteiger partial charge on any atom is 0.387 e. The highest BCUT2D eigenvalue weighted by molar-refractivity contribution is 7.89. The summed E-state index contributed by atoms with van der Waals surface area (Å²) in [4.78, 5) is 4.39. The van der Waals surface area contributed by atoms with Crippen molar-refractivity contribution in [2.75, 3.05) is 39.5 Å².